The number of carbonyl (C=O) groups is 1. The maximum atomic E-state index is 11.9. The molecule has 0 spiro atoms. The Morgan fingerprint density at radius 1 is 1.29 bits per heavy atom. The molecule has 1 saturated carbocycles. The number of hydrogen-bond acceptors (Lipinski definition) is 2. The third-order valence-electron chi connectivity index (χ3n) is 4.05. The first kappa shape index (κ1) is 11.6. The van der Waals surface area contributed by atoms with E-state index in [9.17, 15) is 4.79 Å². The average molecular weight is 345 g/mol. The minimum absolute atomic E-state index is 0.181. The molecule has 0 saturated heterocycles. The summed E-state index contributed by atoms with van der Waals surface area (Å²) in [7, 11) is 0. The second-order valence-corrected chi connectivity index (χ2v) is 5.99. The van der Waals surface area contributed by atoms with E-state index in [0.717, 1.165) is 9.39 Å². The van der Waals surface area contributed by atoms with Crippen molar-refractivity contribution in [2.24, 2.45) is 0 Å². The van der Waals surface area contributed by atoms with E-state index >= 15 is 0 Å². The molecular formula is C13H16INO2. The van der Waals surface area contributed by atoms with Gasteiger partial charge in [0, 0.05) is 0 Å². The van der Waals surface area contributed by atoms with Gasteiger partial charge in [0.05, 0.1) is 10.3 Å². The first-order valence-corrected chi connectivity index (χ1v) is 7.38. The highest BCUT2D eigenvalue weighted by atomic mass is 127. The summed E-state index contributed by atoms with van der Waals surface area (Å²) in [6, 6.07) is 0. The molecule has 1 N–H and O–H groups in total. The van der Waals surface area contributed by atoms with Crippen molar-refractivity contribution in [2.45, 2.75) is 44.4 Å². The summed E-state index contributed by atoms with van der Waals surface area (Å²) in [4.78, 5) is 15.2. The number of hydrogen-bond donors (Lipinski definition) is 1. The molecule has 2 bridgehead atoms. The van der Waals surface area contributed by atoms with Crippen LogP contribution in [0.4, 0.5) is 0 Å². The largest absolute Gasteiger partial charge is 0.461 e. The molecule has 92 valence electrons. The number of nitrogens with one attached hydrogen (secondary N) is 1. The van der Waals surface area contributed by atoms with Crippen molar-refractivity contribution in [1.82, 2.24) is 4.98 Å². The Kier molecular flexibility index (Phi) is 2.92. The minimum atomic E-state index is -0.181. The van der Waals surface area contributed by atoms with E-state index in [4.69, 9.17) is 4.74 Å². The lowest BCUT2D eigenvalue weighted by molar-refractivity contribution is 0.0517. The molecule has 3 nitrogen and oxygen atoms in total. The smallest absolute Gasteiger partial charge is 0.355 e. The van der Waals surface area contributed by atoms with E-state index in [1.54, 1.807) is 0 Å². The van der Waals surface area contributed by atoms with Crippen molar-refractivity contribution < 1.29 is 9.53 Å². The fraction of sp³-hybridized carbons (Fsp3) is 0.615. The molecule has 3 aliphatic carbocycles. The van der Waals surface area contributed by atoms with Crippen LogP contribution >= 0.6 is 22.6 Å². The molecule has 4 rings (SSSR count). The molecular weight excluding hydrogens is 329 g/mol. The lowest BCUT2D eigenvalue weighted by Gasteiger charge is -2.36. The number of aromatic amines is 1. The first-order valence-electron chi connectivity index (χ1n) is 6.30. The summed E-state index contributed by atoms with van der Waals surface area (Å²) in [6.07, 6.45) is 5.04. The van der Waals surface area contributed by atoms with Gasteiger partial charge in [-0.3, -0.25) is 0 Å². The van der Waals surface area contributed by atoms with Gasteiger partial charge in [-0.15, -0.1) is 0 Å². The van der Waals surface area contributed by atoms with Crippen molar-refractivity contribution in [2.75, 3.05) is 6.61 Å². The topological polar surface area (TPSA) is 42.1 Å². The van der Waals surface area contributed by atoms with E-state index in [1.807, 2.05) is 6.92 Å². The van der Waals surface area contributed by atoms with Crippen molar-refractivity contribution in [3.05, 3.63) is 20.5 Å². The molecule has 4 heteroatoms. The Balaban J connectivity index is 2.08. The summed E-state index contributed by atoms with van der Waals surface area (Å²) < 4.78 is 6.29. The van der Waals surface area contributed by atoms with Crippen molar-refractivity contribution in [1.29, 1.82) is 0 Å². The predicted octanol–water partition coefficient (Wildman–Crippen LogP) is 3.55. The second kappa shape index (κ2) is 4.30. The number of esters is 1. The third kappa shape index (κ3) is 1.72. The lowest BCUT2D eigenvalue weighted by Crippen LogP contribution is -2.22. The molecule has 1 aromatic rings. The zero-order valence-corrected chi connectivity index (χ0v) is 12.0. The number of H-pyrrole nitrogens is 1. The first-order chi connectivity index (χ1) is 8.22. The Hall–Kier alpha value is -0.520. The van der Waals surface area contributed by atoms with Gasteiger partial charge in [0.1, 0.15) is 5.69 Å². The van der Waals surface area contributed by atoms with Crippen molar-refractivity contribution in [3.8, 4) is 0 Å². The second-order valence-electron chi connectivity index (χ2n) is 4.91. The van der Waals surface area contributed by atoms with E-state index in [1.165, 1.54) is 36.8 Å². The molecule has 3 aliphatic rings. The maximum absolute atomic E-state index is 11.9. The van der Waals surface area contributed by atoms with Gasteiger partial charge in [0.2, 0.25) is 0 Å². The molecule has 0 atom stereocenters. The van der Waals surface area contributed by atoms with Crippen LogP contribution in [0.3, 0.4) is 0 Å². The molecule has 1 aromatic heterocycles. The molecule has 1 fully saturated rings. The summed E-state index contributed by atoms with van der Waals surface area (Å²) in [5.41, 5.74) is 3.41. The van der Waals surface area contributed by atoms with Crippen LogP contribution in [-0.4, -0.2) is 17.6 Å². The quantitative estimate of drug-likeness (QED) is 0.658. The van der Waals surface area contributed by atoms with Gasteiger partial charge in [-0.2, -0.15) is 0 Å². The van der Waals surface area contributed by atoms with Crippen LogP contribution in [0.2, 0.25) is 0 Å². The SMILES string of the molecule is CCOC(=O)c1[nH]c(I)c2c1C1CCC2CC1. The maximum Gasteiger partial charge on any atom is 0.355 e. The number of aromatic nitrogens is 1. The molecule has 0 radical (unpaired) electrons. The molecule has 0 aliphatic heterocycles. The highest BCUT2D eigenvalue weighted by Gasteiger charge is 2.39. The van der Waals surface area contributed by atoms with Crippen LogP contribution in [0.1, 0.15) is 66.1 Å². The van der Waals surface area contributed by atoms with Gasteiger partial charge < -0.3 is 9.72 Å². The normalized spacial score (nSPS) is 25.8. The lowest BCUT2D eigenvalue weighted by atomic mass is 9.68. The summed E-state index contributed by atoms with van der Waals surface area (Å²) in [5, 5.41) is 0. The van der Waals surface area contributed by atoms with Gasteiger partial charge in [-0.25, -0.2) is 4.79 Å². The number of ether oxygens (including phenoxy) is 1. The minimum Gasteiger partial charge on any atom is -0.461 e. The summed E-state index contributed by atoms with van der Waals surface area (Å²) in [6.45, 7) is 2.29. The van der Waals surface area contributed by atoms with Gasteiger partial charge in [-0.05, 0) is 78.2 Å². The van der Waals surface area contributed by atoms with Gasteiger partial charge >= 0.3 is 5.97 Å². The molecule has 1 heterocycles. The fourth-order valence-corrected chi connectivity index (χ4v) is 4.36. The molecule has 0 aromatic carbocycles. The summed E-state index contributed by atoms with van der Waals surface area (Å²) >= 11 is 2.32. The highest BCUT2D eigenvalue weighted by molar-refractivity contribution is 14.1. The predicted molar refractivity (Wildman–Crippen MR) is 73.4 cm³/mol. The van der Waals surface area contributed by atoms with Crippen LogP contribution in [0.5, 0.6) is 0 Å². The Labute approximate surface area is 114 Å². The third-order valence-corrected chi connectivity index (χ3v) is 4.90. The van der Waals surface area contributed by atoms with Crippen LogP contribution in [0, 0.1) is 3.70 Å². The molecule has 17 heavy (non-hydrogen) atoms. The highest BCUT2D eigenvalue weighted by Crippen LogP contribution is 2.52. The van der Waals surface area contributed by atoms with Gasteiger partial charge in [0.25, 0.3) is 0 Å². The summed E-state index contributed by atoms with van der Waals surface area (Å²) in [5.74, 6) is 1.06. The van der Waals surface area contributed by atoms with Gasteiger partial charge in [0.15, 0.2) is 0 Å². The molecule has 0 amide bonds. The monoisotopic (exact) mass is 345 g/mol. The van der Waals surface area contributed by atoms with Crippen molar-refractivity contribution in [3.63, 3.8) is 0 Å². The van der Waals surface area contributed by atoms with E-state index in [-0.39, 0.29) is 5.97 Å². The Morgan fingerprint density at radius 3 is 2.47 bits per heavy atom. The van der Waals surface area contributed by atoms with E-state index in [0.29, 0.717) is 18.4 Å². The number of rotatable bonds is 2. The zero-order chi connectivity index (χ0) is 12.0. The Morgan fingerprint density at radius 2 is 1.88 bits per heavy atom. The number of carbonyl (C=O) groups excluding carboxylic acids is 1. The average Bonchev–Trinajstić information content (AvgIpc) is 2.72. The van der Waals surface area contributed by atoms with Crippen LogP contribution in [-0.2, 0) is 4.74 Å². The van der Waals surface area contributed by atoms with Crippen LogP contribution in [0.15, 0.2) is 0 Å². The van der Waals surface area contributed by atoms with Crippen LogP contribution in [0.25, 0.3) is 0 Å². The van der Waals surface area contributed by atoms with Crippen LogP contribution < -0.4 is 0 Å². The Bertz CT molecular complexity index is 458. The van der Waals surface area contributed by atoms with E-state index < -0.39 is 0 Å². The molecule has 0 unspecified atom stereocenters. The van der Waals surface area contributed by atoms with Crippen molar-refractivity contribution >= 4 is 28.6 Å². The fourth-order valence-electron chi connectivity index (χ4n) is 3.36. The van der Waals surface area contributed by atoms with E-state index in [2.05, 4.69) is 27.6 Å². The zero-order valence-electron chi connectivity index (χ0n) is 9.88. The number of fused-ring (bicyclic) bond motifs is 2. The standard InChI is InChI=1S/C13H16INO2/c1-2-17-13(16)11-9-7-3-5-8(6-4-7)10(9)12(14)15-11/h7-8,15H,2-6H2,1H3. The van der Waals surface area contributed by atoms with Gasteiger partial charge in [-0.1, -0.05) is 0 Å². The number of halogens is 1.